The second kappa shape index (κ2) is 5.08. The highest BCUT2D eigenvalue weighted by Crippen LogP contribution is 2.60. The Balaban J connectivity index is 1.36. The van der Waals surface area contributed by atoms with Crippen LogP contribution in [0.3, 0.4) is 0 Å². The summed E-state index contributed by atoms with van der Waals surface area (Å²) < 4.78 is 0. The van der Waals surface area contributed by atoms with Crippen LogP contribution in [-0.2, 0) is 4.79 Å². The third-order valence-electron chi connectivity index (χ3n) is 6.69. The number of fused-ring (bicyclic) bond motifs is 1. The van der Waals surface area contributed by atoms with Crippen molar-refractivity contribution in [3.05, 3.63) is 30.1 Å². The molecule has 1 aromatic carbocycles. The van der Waals surface area contributed by atoms with E-state index in [0.717, 1.165) is 53.9 Å². The second-order valence-electron chi connectivity index (χ2n) is 8.53. The first-order valence-corrected chi connectivity index (χ1v) is 9.37. The highest BCUT2D eigenvalue weighted by atomic mass is 16.2. The maximum atomic E-state index is 13.1. The lowest BCUT2D eigenvalue weighted by Crippen LogP contribution is -2.53. The molecular weight excluding hydrogens is 298 g/mol. The first-order chi connectivity index (χ1) is 11.6. The molecule has 0 aliphatic heterocycles. The van der Waals surface area contributed by atoms with Crippen LogP contribution < -0.4 is 5.32 Å². The Bertz CT molecular complexity index is 725. The number of benzene rings is 1. The normalized spacial score (nSPS) is 35.3. The van der Waals surface area contributed by atoms with Crippen LogP contribution in [0.1, 0.15) is 57.3 Å². The number of para-hydroxylation sites is 2. The minimum atomic E-state index is -0.0883. The van der Waals surface area contributed by atoms with Gasteiger partial charge >= 0.3 is 0 Å². The van der Waals surface area contributed by atoms with Crippen LogP contribution in [0.15, 0.2) is 24.3 Å². The van der Waals surface area contributed by atoms with Gasteiger partial charge in [0.15, 0.2) is 0 Å². The Morgan fingerprint density at radius 2 is 1.79 bits per heavy atom. The number of aromatic amines is 1. The van der Waals surface area contributed by atoms with Gasteiger partial charge in [-0.3, -0.25) is 4.79 Å². The van der Waals surface area contributed by atoms with Crippen LogP contribution in [0.5, 0.6) is 0 Å². The molecule has 4 nitrogen and oxygen atoms in total. The van der Waals surface area contributed by atoms with E-state index in [1.165, 1.54) is 19.3 Å². The van der Waals surface area contributed by atoms with Crippen LogP contribution in [0, 0.1) is 23.2 Å². The van der Waals surface area contributed by atoms with Crippen LogP contribution in [-0.4, -0.2) is 15.9 Å². The van der Waals surface area contributed by atoms with Gasteiger partial charge in [0, 0.05) is 5.41 Å². The number of H-pyrrole nitrogens is 1. The van der Waals surface area contributed by atoms with E-state index in [0.29, 0.717) is 0 Å². The van der Waals surface area contributed by atoms with Crippen molar-refractivity contribution >= 4 is 16.9 Å². The zero-order chi connectivity index (χ0) is 16.3. The predicted octanol–water partition coefficient (Wildman–Crippen LogP) is 3.96. The first kappa shape index (κ1) is 14.5. The lowest BCUT2D eigenvalue weighted by Gasteiger charge is -2.55. The summed E-state index contributed by atoms with van der Waals surface area (Å²) in [7, 11) is 0. The average molecular weight is 323 g/mol. The third-order valence-corrected chi connectivity index (χ3v) is 6.69. The Hall–Kier alpha value is -1.84. The summed E-state index contributed by atoms with van der Waals surface area (Å²) in [6.45, 7) is 2.04. The molecule has 0 radical (unpaired) electrons. The van der Waals surface area contributed by atoms with Crippen LogP contribution in [0.2, 0.25) is 0 Å². The number of imidazole rings is 1. The molecule has 1 amide bonds. The quantitative estimate of drug-likeness (QED) is 0.898. The highest BCUT2D eigenvalue weighted by Gasteiger charge is 2.54. The van der Waals surface area contributed by atoms with Crippen LogP contribution >= 0.6 is 0 Å². The number of nitrogens with one attached hydrogen (secondary N) is 2. The Kier molecular flexibility index (Phi) is 3.07. The van der Waals surface area contributed by atoms with Gasteiger partial charge < -0.3 is 10.3 Å². The number of hydrogen-bond acceptors (Lipinski definition) is 2. The molecule has 6 rings (SSSR count). The van der Waals surface area contributed by atoms with Gasteiger partial charge in [-0.15, -0.1) is 0 Å². The number of amides is 1. The summed E-state index contributed by atoms with van der Waals surface area (Å²) in [6, 6.07) is 7.95. The number of carbonyl (C=O) groups excluding carboxylic acids is 1. The Morgan fingerprint density at radius 1 is 1.17 bits per heavy atom. The third kappa shape index (κ3) is 2.19. The van der Waals surface area contributed by atoms with E-state index in [1.807, 2.05) is 31.2 Å². The molecule has 24 heavy (non-hydrogen) atoms. The molecule has 2 aromatic rings. The van der Waals surface area contributed by atoms with Crippen molar-refractivity contribution in [2.45, 2.75) is 51.5 Å². The van der Waals surface area contributed by atoms with Gasteiger partial charge in [0.2, 0.25) is 5.91 Å². The predicted molar refractivity (Wildman–Crippen MR) is 93.3 cm³/mol. The molecule has 1 aromatic heterocycles. The van der Waals surface area contributed by atoms with E-state index in [4.69, 9.17) is 0 Å². The Labute approximate surface area is 142 Å². The monoisotopic (exact) mass is 323 g/mol. The van der Waals surface area contributed by atoms with Gasteiger partial charge in [-0.05, 0) is 75.3 Å². The maximum absolute atomic E-state index is 13.1. The molecule has 4 heteroatoms. The van der Waals surface area contributed by atoms with Gasteiger partial charge in [-0.1, -0.05) is 12.1 Å². The van der Waals surface area contributed by atoms with E-state index in [1.54, 1.807) is 0 Å². The van der Waals surface area contributed by atoms with E-state index >= 15 is 0 Å². The highest BCUT2D eigenvalue weighted by molar-refractivity contribution is 5.83. The molecule has 0 unspecified atom stereocenters. The first-order valence-electron chi connectivity index (χ1n) is 9.37. The minimum Gasteiger partial charge on any atom is -0.346 e. The lowest BCUT2D eigenvalue weighted by atomic mass is 9.49. The van der Waals surface area contributed by atoms with E-state index in [-0.39, 0.29) is 17.4 Å². The van der Waals surface area contributed by atoms with Gasteiger partial charge in [0.25, 0.3) is 0 Å². The fourth-order valence-corrected chi connectivity index (χ4v) is 5.98. The standard InChI is InChI=1S/C20H25N3O/c1-12(18-22-16-4-2-3-5-17(16)23-18)21-19(24)20-9-13-6-14(10-20)8-15(7-13)11-20/h2-5,12-15H,6-11H2,1H3,(H,21,24)(H,22,23)/t12-,13?,14?,15?,20?/m1/s1. The largest absolute Gasteiger partial charge is 0.346 e. The average Bonchev–Trinajstić information content (AvgIpc) is 2.97. The van der Waals surface area contributed by atoms with E-state index in [9.17, 15) is 4.79 Å². The summed E-state index contributed by atoms with van der Waals surface area (Å²) in [6.07, 6.45) is 7.43. The van der Waals surface area contributed by atoms with Gasteiger partial charge in [0.05, 0.1) is 17.1 Å². The molecular formula is C20H25N3O. The fourth-order valence-electron chi connectivity index (χ4n) is 5.98. The summed E-state index contributed by atoms with van der Waals surface area (Å²) in [5.74, 6) is 3.51. The molecule has 4 aliphatic rings. The van der Waals surface area contributed by atoms with Crippen molar-refractivity contribution in [3.8, 4) is 0 Å². The molecule has 4 aliphatic carbocycles. The minimum absolute atomic E-state index is 0.0714. The topological polar surface area (TPSA) is 57.8 Å². The molecule has 4 saturated carbocycles. The summed E-state index contributed by atoms with van der Waals surface area (Å²) in [5, 5.41) is 3.28. The van der Waals surface area contributed by atoms with Crippen LogP contribution in [0.25, 0.3) is 11.0 Å². The number of aromatic nitrogens is 2. The van der Waals surface area contributed by atoms with Crippen molar-refractivity contribution in [1.82, 2.24) is 15.3 Å². The van der Waals surface area contributed by atoms with Crippen molar-refractivity contribution in [3.63, 3.8) is 0 Å². The SMILES string of the molecule is C[C@@H](NC(=O)C12CC3CC(CC(C3)C1)C2)c1nc2ccccc2[nH]1. The zero-order valence-electron chi connectivity index (χ0n) is 14.2. The molecule has 2 N–H and O–H groups in total. The summed E-state index contributed by atoms with van der Waals surface area (Å²) in [4.78, 5) is 21.1. The summed E-state index contributed by atoms with van der Waals surface area (Å²) in [5.41, 5.74) is 1.90. The van der Waals surface area contributed by atoms with Crippen molar-refractivity contribution in [2.24, 2.45) is 23.2 Å². The molecule has 126 valence electrons. The number of rotatable bonds is 3. The Morgan fingerprint density at radius 3 is 2.42 bits per heavy atom. The van der Waals surface area contributed by atoms with Gasteiger partial charge in [-0.25, -0.2) is 4.98 Å². The van der Waals surface area contributed by atoms with Crippen molar-refractivity contribution < 1.29 is 4.79 Å². The number of carbonyl (C=O) groups is 1. The molecule has 0 spiro atoms. The summed E-state index contributed by atoms with van der Waals surface area (Å²) >= 11 is 0. The van der Waals surface area contributed by atoms with Crippen LogP contribution in [0.4, 0.5) is 0 Å². The second-order valence-corrected chi connectivity index (χ2v) is 8.53. The van der Waals surface area contributed by atoms with Crippen molar-refractivity contribution in [1.29, 1.82) is 0 Å². The van der Waals surface area contributed by atoms with E-state index in [2.05, 4.69) is 15.3 Å². The van der Waals surface area contributed by atoms with Gasteiger partial charge in [-0.2, -0.15) is 0 Å². The van der Waals surface area contributed by atoms with E-state index < -0.39 is 0 Å². The maximum Gasteiger partial charge on any atom is 0.226 e. The molecule has 4 bridgehead atoms. The molecule has 4 fully saturated rings. The zero-order valence-corrected chi connectivity index (χ0v) is 14.2. The molecule has 0 saturated heterocycles. The smallest absolute Gasteiger partial charge is 0.226 e. The van der Waals surface area contributed by atoms with Crippen molar-refractivity contribution in [2.75, 3.05) is 0 Å². The molecule has 1 heterocycles. The van der Waals surface area contributed by atoms with Gasteiger partial charge in [0.1, 0.15) is 5.82 Å². The number of nitrogens with zero attached hydrogens (tertiary/aromatic N) is 1. The fraction of sp³-hybridized carbons (Fsp3) is 0.600. The lowest BCUT2D eigenvalue weighted by molar-refractivity contribution is -0.147. The molecule has 1 atom stereocenters. The number of hydrogen-bond donors (Lipinski definition) is 2.